The number of carbonyl (C=O) groups excluding carboxylic acids is 1. The van der Waals surface area contributed by atoms with Crippen LogP contribution in [0.25, 0.3) is 0 Å². The van der Waals surface area contributed by atoms with Gasteiger partial charge < -0.3 is 15.4 Å². The van der Waals surface area contributed by atoms with Crippen LogP contribution < -0.4 is 15.4 Å². The molecule has 0 bridgehead atoms. The maximum atomic E-state index is 11.8. The molecule has 1 atom stereocenters. The third-order valence-corrected chi connectivity index (χ3v) is 3.38. The molecule has 2 N–H and O–H groups in total. The van der Waals surface area contributed by atoms with E-state index >= 15 is 0 Å². The highest BCUT2D eigenvalue weighted by molar-refractivity contribution is 5.80. The zero-order chi connectivity index (χ0) is 11.7. The normalized spacial score (nSPS) is 23.2. The summed E-state index contributed by atoms with van der Waals surface area (Å²) in [6, 6.07) is 8.11. The van der Waals surface area contributed by atoms with Gasteiger partial charge in [-0.1, -0.05) is 18.2 Å². The Morgan fingerprint density at radius 2 is 2.18 bits per heavy atom. The molecule has 1 aromatic rings. The van der Waals surface area contributed by atoms with E-state index in [4.69, 9.17) is 4.74 Å². The van der Waals surface area contributed by atoms with Crippen molar-refractivity contribution in [2.75, 3.05) is 19.7 Å². The molecule has 1 fully saturated rings. The number of amides is 1. The van der Waals surface area contributed by atoms with E-state index in [0.717, 1.165) is 25.3 Å². The maximum Gasteiger partial charge on any atom is 0.226 e. The number of ether oxygens (including phenoxy) is 1. The van der Waals surface area contributed by atoms with Crippen LogP contribution in [0.15, 0.2) is 24.3 Å². The molecule has 0 radical (unpaired) electrons. The third kappa shape index (κ3) is 2.13. The Hall–Kier alpha value is -1.55. The van der Waals surface area contributed by atoms with Gasteiger partial charge in [0, 0.05) is 13.1 Å². The largest absolute Gasteiger partial charge is 0.491 e. The predicted octanol–water partition coefficient (Wildman–Crippen LogP) is 0.326. The van der Waals surface area contributed by atoms with Crippen molar-refractivity contribution < 1.29 is 9.53 Å². The zero-order valence-corrected chi connectivity index (χ0v) is 9.61. The minimum atomic E-state index is 0.109. The Kier molecular flexibility index (Phi) is 2.73. The fourth-order valence-corrected chi connectivity index (χ4v) is 2.21. The molecule has 17 heavy (non-hydrogen) atoms. The number of nitrogens with one attached hydrogen (secondary N) is 2. The molecule has 1 saturated heterocycles. The standard InChI is InChI=1S/C13H16N2O2/c16-13(10-6-14-7-10)15-11-5-9-3-1-2-4-12(9)17-8-11/h1-4,10-11,14H,5-8H2,(H,15,16). The molecule has 1 amide bonds. The van der Waals surface area contributed by atoms with E-state index in [1.807, 2.05) is 18.2 Å². The average molecular weight is 232 g/mol. The van der Waals surface area contributed by atoms with Gasteiger partial charge >= 0.3 is 0 Å². The molecular weight excluding hydrogens is 216 g/mol. The SMILES string of the molecule is O=C(NC1COc2ccccc2C1)C1CNC1. The lowest BCUT2D eigenvalue weighted by Gasteiger charge is -2.30. The minimum absolute atomic E-state index is 0.109. The van der Waals surface area contributed by atoms with Gasteiger partial charge in [-0.05, 0) is 18.1 Å². The first-order valence-corrected chi connectivity index (χ1v) is 6.05. The first-order chi connectivity index (χ1) is 8.33. The molecule has 1 unspecified atom stereocenters. The molecule has 4 heteroatoms. The summed E-state index contributed by atoms with van der Waals surface area (Å²) in [5, 5.41) is 6.16. The molecule has 90 valence electrons. The lowest BCUT2D eigenvalue weighted by atomic mass is 9.99. The van der Waals surface area contributed by atoms with E-state index in [1.165, 1.54) is 5.56 Å². The number of hydrogen-bond acceptors (Lipinski definition) is 3. The molecule has 1 aromatic carbocycles. The van der Waals surface area contributed by atoms with Crippen LogP contribution in [0.1, 0.15) is 5.56 Å². The Balaban J connectivity index is 1.62. The molecule has 0 saturated carbocycles. The molecule has 2 heterocycles. The van der Waals surface area contributed by atoms with Gasteiger partial charge in [0.1, 0.15) is 12.4 Å². The molecule has 0 aliphatic carbocycles. The number of rotatable bonds is 2. The van der Waals surface area contributed by atoms with Crippen LogP contribution >= 0.6 is 0 Å². The van der Waals surface area contributed by atoms with Crippen LogP contribution in [0.4, 0.5) is 0 Å². The predicted molar refractivity (Wildman–Crippen MR) is 63.9 cm³/mol. The molecule has 3 rings (SSSR count). The molecule has 2 aliphatic rings. The summed E-state index contributed by atoms with van der Waals surface area (Å²) in [7, 11) is 0. The molecule has 2 aliphatic heterocycles. The van der Waals surface area contributed by atoms with Gasteiger partial charge in [-0.3, -0.25) is 4.79 Å². The van der Waals surface area contributed by atoms with Gasteiger partial charge in [0.05, 0.1) is 12.0 Å². The van der Waals surface area contributed by atoms with Gasteiger partial charge in [0.15, 0.2) is 0 Å². The van der Waals surface area contributed by atoms with Gasteiger partial charge in [0.25, 0.3) is 0 Å². The average Bonchev–Trinajstić information content (AvgIpc) is 2.26. The Bertz CT molecular complexity index is 429. The Labute approximate surface area is 100 Å². The molecule has 4 nitrogen and oxygen atoms in total. The Morgan fingerprint density at radius 1 is 1.35 bits per heavy atom. The summed E-state index contributed by atoms with van der Waals surface area (Å²) in [6.45, 7) is 2.18. The Morgan fingerprint density at radius 3 is 2.94 bits per heavy atom. The van der Waals surface area contributed by atoms with Crippen LogP contribution in [-0.4, -0.2) is 31.6 Å². The zero-order valence-electron chi connectivity index (χ0n) is 9.61. The highest BCUT2D eigenvalue weighted by Crippen LogP contribution is 2.24. The van der Waals surface area contributed by atoms with Crippen LogP contribution in [0, 0.1) is 5.92 Å². The van der Waals surface area contributed by atoms with Gasteiger partial charge in [-0.15, -0.1) is 0 Å². The first-order valence-electron chi connectivity index (χ1n) is 6.05. The maximum absolute atomic E-state index is 11.8. The summed E-state index contributed by atoms with van der Waals surface area (Å²) >= 11 is 0. The van der Waals surface area contributed by atoms with Crippen LogP contribution in [-0.2, 0) is 11.2 Å². The fourth-order valence-electron chi connectivity index (χ4n) is 2.21. The van der Waals surface area contributed by atoms with Crippen molar-refractivity contribution in [3.05, 3.63) is 29.8 Å². The van der Waals surface area contributed by atoms with E-state index in [-0.39, 0.29) is 17.9 Å². The monoisotopic (exact) mass is 232 g/mol. The van der Waals surface area contributed by atoms with Crippen LogP contribution in [0.2, 0.25) is 0 Å². The minimum Gasteiger partial charge on any atom is -0.491 e. The van der Waals surface area contributed by atoms with Crippen molar-refractivity contribution in [1.29, 1.82) is 0 Å². The van der Waals surface area contributed by atoms with E-state index in [0.29, 0.717) is 6.61 Å². The van der Waals surface area contributed by atoms with E-state index in [1.54, 1.807) is 0 Å². The van der Waals surface area contributed by atoms with Crippen molar-refractivity contribution in [3.8, 4) is 5.75 Å². The van der Waals surface area contributed by atoms with Crippen molar-refractivity contribution >= 4 is 5.91 Å². The third-order valence-electron chi connectivity index (χ3n) is 3.38. The number of para-hydroxylation sites is 1. The first kappa shape index (κ1) is 10.6. The highest BCUT2D eigenvalue weighted by Gasteiger charge is 2.28. The van der Waals surface area contributed by atoms with Gasteiger partial charge in [-0.2, -0.15) is 0 Å². The van der Waals surface area contributed by atoms with Crippen molar-refractivity contribution in [1.82, 2.24) is 10.6 Å². The second-order valence-electron chi connectivity index (χ2n) is 4.68. The second kappa shape index (κ2) is 4.37. The smallest absolute Gasteiger partial charge is 0.226 e. The van der Waals surface area contributed by atoms with Crippen molar-refractivity contribution in [3.63, 3.8) is 0 Å². The van der Waals surface area contributed by atoms with Crippen LogP contribution in [0.3, 0.4) is 0 Å². The lowest BCUT2D eigenvalue weighted by molar-refractivity contribution is -0.127. The van der Waals surface area contributed by atoms with Crippen molar-refractivity contribution in [2.24, 2.45) is 5.92 Å². The summed E-state index contributed by atoms with van der Waals surface area (Å²) < 4.78 is 5.64. The summed E-state index contributed by atoms with van der Waals surface area (Å²) in [5.74, 6) is 1.24. The number of hydrogen-bond donors (Lipinski definition) is 2. The topological polar surface area (TPSA) is 50.4 Å². The number of benzene rings is 1. The van der Waals surface area contributed by atoms with Gasteiger partial charge in [-0.25, -0.2) is 0 Å². The summed E-state index contributed by atoms with van der Waals surface area (Å²) in [6.07, 6.45) is 0.863. The summed E-state index contributed by atoms with van der Waals surface area (Å²) in [5.41, 5.74) is 1.18. The number of carbonyl (C=O) groups is 1. The molecule has 0 aromatic heterocycles. The molecule has 0 spiro atoms. The number of fused-ring (bicyclic) bond motifs is 1. The molecular formula is C13H16N2O2. The second-order valence-corrected chi connectivity index (χ2v) is 4.68. The van der Waals surface area contributed by atoms with E-state index < -0.39 is 0 Å². The quantitative estimate of drug-likeness (QED) is 0.772. The highest BCUT2D eigenvalue weighted by atomic mass is 16.5. The van der Waals surface area contributed by atoms with Crippen molar-refractivity contribution in [2.45, 2.75) is 12.5 Å². The fraction of sp³-hybridized carbons (Fsp3) is 0.462. The van der Waals surface area contributed by atoms with E-state index in [9.17, 15) is 4.79 Å². The lowest BCUT2D eigenvalue weighted by Crippen LogP contribution is -2.54. The van der Waals surface area contributed by atoms with E-state index in [2.05, 4.69) is 16.7 Å². The van der Waals surface area contributed by atoms with Crippen LogP contribution in [0.5, 0.6) is 5.75 Å². The van der Waals surface area contributed by atoms with Gasteiger partial charge in [0.2, 0.25) is 5.91 Å². The summed E-state index contributed by atoms with van der Waals surface area (Å²) in [4.78, 5) is 11.8.